The first kappa shape index (κ1) is 32.3. The summed E-state index contributed by atoms with van der Waals surface area (Å²) in [4.78, 5) is 2.58. The minimum atomic E-state index is -0.445. The highest BCUT2D eigenvalue weighted by atomic mass is 15.1. The van der Waals surface area contributed by atoms with Crippen LogP contribution in [0.4, 0.5) is 17.1 Å². The molecule has 0 bridgehead atoms. The van der Waals surface area contributed by atoms with E-state index in [1.54, 1.807) is 0 Å². The number of rotatable bonds is 4. The third-order valence-corrected chi connectivity index (χ3v) is 13.2. The molecule has 9 aromatic carbocycles. The van der Waals surface area contributed by atoms with Crippen molar-refractivity contribution in [3.05, 3.63) is 234 Å². The van der Waals surface area contributed by atoms with Gasteiger partial charge in [0.15, 0.2) is 0 Å². The van der Waals surface area contributed by atoms with Gasteiger partial charge in [0.1, 0.15) is 0 Å². The molecular weight excluding hydrogens is 687 g/mol. The van der Waals surface area contributed by atoms with Crippen molar-refractivity contribution in [2.45, 2.75) is 24.7 Å². The van der Waals surface area contributed by atoms with E-state index in [0.29, 0.717) is 0 Å². The molecule has 3 aliphatic carbocycles. The fourth-order valence-corrected chi connectivity index (χ4v) is 11.0. The molecule has 0 fully saturated rings. The Morgan fingerprint density at radius 2 is 0.825 bits per heavy atom. The molecule has 1 spiro atoms. The van der Waals surface area contributed by atoms with Crippen molar-refractivity contribution in [2.75, 3.05) is 4.90 Å². The Bertz CT molecular complexity index is 3030. The number of anilines is 3. The lowest BCUT2D eigenvalue weighted by atomic mass is 9.70. The highest BCUT2D eigenvalue weighted by Gasteiger charge is 2.52. The van der Waals surface area contributed by atoms with Crippen molar-refractivity contribution < 1.29 is 0 Å². The van der Waals surface area contributed by atoms with Crippen LogP contribution in [0.15, 0.2) is 200 Å². The van der Waals surface area contributed by atoms with Crippen LogP contribution in [0.1, 0.15) is 47.2 Å². The largest absolute Gasteiger partial charge is 0.309 e. The molecule has 3 aliphatic rings. The fourth-order valence-electron chi connectivity index (χ4n) is 11.0. The van der Waals surface area contributed by atoms with Gasteiger partial charge in [-0.15, -0.1) is 0 Å². The molecule has 0 heterocycles. The topological polar surface area (TPSA) is 3.24 Å². The number of hydrogen-bond acceptors (Lipinski definition) is 1. The van der Waals surface area contributed by atoms with Gasteiger partial charge in [-0.05, 0) is 102 Å². The number of hydrogen-bond donors (Lipinski definition) is 0. The minimum absolute atomic E-state index is 0.210. The Kier molecular flexibility index (Phi) is 6.67. The smallest absolute Gasteiger partial charge is 0.0726 e. The standard InChI is InChI=1S/C56H39N/c1-55(2)46-29-15-14-28-45(46)52-53(55)44-27-10-9-26-43(44)51(36-19-5-3-6-20-36)54(52)57(37-21-7-4-8-22-37)38-33-34-42-41-25-13-18-32-49(41)56(50(42)35-38)47-30-16-11-23-39(47)40-24-12-17-31-48(40)56/h3-35H,1-2H3. The first-order valence-corrected chi connectivity index (χ1v) is 20.1. The van der Waals surface area contributed by atoms with Crippen molar-refractivity contribution in [1.82, 2.24) is 0 Å². The maximum absolute atomic E-state index is 2.58. The number of para-hydroxylation sites is 1. The van der Waals surface area contributed by atoms with Crippen molar-refractivity contribution in [1.29, 1.82) is 0 Å². The third-order valence-electron chi connectivity index (χ3n) is 13.2. The second-order valence-electron chi connectivity index (χ2n) is 16.3. The normalized spacial score (nSPS) is 14.4. The molecule has 0 saturated carbocycles. The maximum Gasteiger partial charge on any atom is 0.0726 e. The van der Waals surface area contributed by atoms with E-state index in [2.05, 4.69) is 219 Å². The summed E-state index contributed by atoms with van der Waals surface area (Å²) >= 11 is 0. The second kappa shape index (κ2) is 11.8. The van der Waals surface area contributed by atoms with Gasteiger partial charge < -0.3 is 4.90 Å². The van der Waals surface area contributed by atoms with Gasteiger partial charge in [-0.2, -0.15) is 0 Å². The predicted octanol–water partition coefficient (Wildman–Crippen LogP) is 14.6. The van der Waals surface area contributed by atoms with E-state index in [9.17, 15) is 0 Å². The van der Waals surface area contributed by atoms with Crippen molar-refractivity contribution >= 4 is 27.8 Å². The van der Waals surface area contributed by atoms with E-state index in [-0.39, 0.29) is 5.41 Å². The van der Waals surface area contributed by atoms with E-state index < -0.39 is 5.41 Å². The molecule has 1 nitrogen and oxygen atoms in total. The molecule has 1 heteroatoms. The summed E-state index contributed by atoms with van der Waals surface area (Å²) in [7, 11) is 0. The summed E-state index contributed by atoms with van der Waals surface area (Å²) in [5.41, 5.74) is 21.3. The Balaban J connectivity index is 1.24. The lowest BCUT2D eigenvalue weighted by Gasteiger charge is -2.34. The Morgan fingerprint density at radius 3 is 1.44 bits per heavy atom. The number of fused-ring (bicyclic) bond motifs is 15. The number of nitrogens with zero attached hydrogens (tertiary/aromatic N) is 1. The third kappa shape index (κ3) is 4.18. The van der Waals surface area contributed by atoms with E-state index in [0.717, 1.165) is 11.4 Å². The van der Waals surface area contributed by atoms with Crippen molar-refractivity contribution in [3.63, 3.8) is 0 Å². The zero-order valence-corrected chi connectivity index (χ0v) is 32.0. The van der Waals surface area contributed by atoms with Crippen LogP contribution in [0.2, 0.25) is 0 Å². The van der Waals surface area contributed by atoms with Crippen LogP contribution in [0.5, 0.6) is 0 Å². The molecule has 12 rings (SSSR count). The van der Waals surface area contributed by atoms with Gasteiger partial charge in [0.25, 0.3) is 0 Å². The SMILES string of the molecule is CC1(C)c2ccccc2-c2c(N(c3ccccc3)c3ccc4c(c3)C3(c5ccccc5-c5ccccc53)c3ccccc3-4)c(-c3ccccc3)c3ccccc3c21. The summed E-state index contributed by atoms with van der Waals surface area (Å²) in [6, 6.07) is 74.9. The number of benzene rings is 9. The average Bonchev–Trinajstić information content (AvgIpc) is 3.83. The first-order chi connectivity index (χ1) is 28.1. The average molecular weight is 726 g/mol. The monoisotopic (exact) mass is 725 g/mol. The molecular formula is C56H39N. The predicted molar refractivity (Wildman–Crippen MR) is 238 cm³/mol. The summed E-state index contributed by atoms with van der Waals surface area (Å²) in [6.45, 7) is 4.82. The quantitative estimate of drug-likeness (QED) is 0.175. The summed E-state index contributed by atoms with van der Waals surface area (Å²) < 4.78 is 0. The Hall–Kier alpha value is -6.96. The van der Waals surface area contributed by atoms with Crippen LogP contribution in [-0.4, -0.2) is 0 Å². The van der Waals surface area contributed by atoms with Crippen LogP contribution < -0.4 is 4.90 Å². The van der Waals surface area contributed by atoms with Crippen LogP contribution in [-0.2, 0) is 10.8 Å². The zero-order valence-electron chi connectivity index (χ0n) is 32.0. The highest BCUT2D eigenvalue weighted by molar-refractivity contribution is 6.15. The lowest BCUT2D eigenvalue weighted by molar-refractivity contribution is 0.666. The fraction of sp³-hybridized carbons (Fsp3) is 0.0714. The highest BCUT2D eigenvalue weighted by Crippen LogP contribution is 2.64. The first-order valence-electron chi connectivity index (χ1n) is 20.1. The van der Waals surface area contributed by atoms with Gasteiger partial charge in [-0.25, -0.2) is 0 Å². The van der Waals surface area contributed by atoms with Crippen LogP contribution in [0.25, 0.3) is 55.3 Å². The maximum atomic E-state index is 2.58. The zero-order chi connectivity index (χ0) is 37.9. The summed E-state index contributed by atoms with van der Waals surface area (Å²) in [5, 5.41) is 2.58. The molecule has 0 radical (unpaired) electrons. The molecule has 0 aromatic heterocycles. The molecule has 0 saturated heterocycles. The molecule has 0 unspecified atom stereocenters. The van der Waals surface area contributed by atoms with Gasteiger partial charge in [-0.3, -0.25) is 0 Å². The lowest BCUT2D eigenvalue weighted by Crippen LogP contribution is -2.26. The summed E-state index contributed by atoms with van der Waals surface area (Å²) in [6.07, 6.45) is 0. The molecule has 0 N–H and O–H groups in total. The molecule has 268 valence electrons. The van der Waals surface area contributed by atoms with E-state index in [4.69, 9.17) is 0 Å². The molecule has 0 amide bonds. The van der Waals surface area contributed by atoms with Gasteiger partial charge in [0, 0.05) is 27.9 Å². The Labute approximate surface area is 334 Å². The molecule has 57 heavy (non-hydrogen) atoms. The van der Waals surface area contributed by atoms with Crippen LogP contribution in [0, 0.1) is 0 Å². The van der Waals surface area contributed by atoms with E-state index >= 15 is 0 Å². The van der Waals surface area contributed by atoms with Crippen LogP contribution in [0.3, 0.4) is 0 Å². The van der Waals surface area contributed by atoms with Gasteiger partial charge >= 0.3 is 0 Å². The molecule has 0 aliphatic heterocycles. The van der Waals surface area contributed by atoms with Gasteiger partial charge in [0.2, 0.25) is 0 Å². The molecule has 0 atom stereocenters. The second-order valence-corrected chi connectivity index (χ2v) is 16.3. The van der Waals surface area contributed by atoms with E-state index in [1.165, 1.54) is 94.3 Å². The Morgan fingerprint density at radius 1 is 0.351 bits per heavy atom. The summed E-state index contributed by atoms with van der Waals surface area (Å²) in [5.74, 6) is 0. The van der Waals surface area contributed by atoms with Crippen LogP contribution >= 0.6 is 0 Å². The van der Waals surface area contributed by atoms with Gasteiger partial charge in [0.05, 0.1) is 11.1 Å². The minimum Gasteiger partial charge on any atom is -0.309 e. The van der Waals surface area contributed by atoms with Crippen molar-refractivity contribution in [2.24, 2.45) is 0 Å². The van der Waals surface area contributed by atoms with Crippen molar-refractivity contribution in [3.8, 4) is 44.5 Å². The van der Waals surface area contributed by atoms with E-state index in [1.807, 2.05) is 0 Å². The molecule has 9 aromatic rings. The van der Waals surface area contributed by atoms with Gasteiger partial charge in [-0.1, -0.05) is 190 Å².